The van der Waals surface area contributed by atoms with Gasteiger partial charge in [-0.15, -0.1) is 11.3 Å². The highest BCUT2D eigenvalue weighted by molar-refractivity contribution is 7.15. The Balaban J connectivity index is 1.73. The minimum absolute atomic E-state index is 0.262. The number of alkyl halides is 3. The molecule has 1 N–H and O–H groups in total. The van der Waals surface area contributed by atoms with Gasteiger partial charge in [-0.05, 0) is 36.2 Å². The highest BCUT2D eigenvalue weighted by Gasteiger charge is 2.33. The average molecular weight is 411 g/mol. The lowest BCUT2D eigenvalue weighted by Crippen LogP contribution is -2.12. The van der Waals surface area contributed by atoms with Crippen LogP contribution in [0.25, 0.3) is 0 Å². The second-order valence-electron chi connectivity index (χ2n) is 5.89. The van der Waals surface area contributed by atoms with Crippen LogP contribution in [0.2, 0.25) is 5.02 Å². The maximum atomic E-state index is 13.0. The van der Waals surface area contributed by atoms with Crippen molar-refractivity contribution in [2.45, 2.75) is 19.5 Å². The predicted octanol–water partition coefficient (Wildman–Crippen LogP) is 5.97. The number of aromatic nitrogens is 1. The summed E-state index contributed by atoms with van der Waals surface area (Å²) >= 11 is 6.86. The third-order valence-corrected chi connectivity index (χ3v) is 5.12. The molecule has 0 aliphatic rings. The molecule has 1 amide bonds. The van der Waals surface area contributed by atoms with Gasteiger partial charge in [0.15, 0.2) is 5.13 Å². The average Bonchev–Trinajstić information content (AvgIpc) is 3.03. The maximum absolute atomic E-state index is 13.0. The Morgan fingerprint density at radius 3 is 2.67 bits per heavy atom. The molecule has 2 aromatic carbocycles. The number of anilines is 1. The van der Waals surface area contributed by atoms with E-state index in [9.17, 15) is 18.0 Å². The summed E-state index contributed by atoms with van der Waals surface area (Å²) in [6.07, 6.45) is -2.70. The number of rotatable bonds is 4. The Labute approximate surface area is 162 Å². The van der Waals surface area contributed by atoms with Gasteiger partial charge in [0.1, 0.15) is 0 Å². The Bertz CT molecular complexity index is 985. The van der Waals surface area contributed by atoms with Crippen LogP contribution in [0.4, 0.5) is 18.3 Å². The fraction of sp³-hybridized carbons (Fsp3) is 0.158. The van der Waals surface area contributed by atoms with E-state index in [0.29, 0.717) is 16.3 Å². The van der Waals surface area contributed by atoms with Crippen molar-refractivity contribution in [1.29, 1.82) is 0 Å². The van der Waals surface area contributed by atoms with Gasteiger partial charge in [-0.2, -0.15) is 13.2 Å². The third-order valence-electron chi connectivity index (χ3n) is 3.88. The van der Waals surface area contributed by atoms with Crippen LogP contribution in [0.3, 0.4) is 0 Å². The number of nitrogens with one attached hydrogen (secondary N) is 1. The Morgan fingerprint density at radius 1 is 1.22 bits per heavy atom. The van der Waals surface area contributed by atoms with E-state index in [2.05, 4.69) is 10.3 Å². The monoisotopic (exact) mass is 410 g/mol. The number of aryl methyl sites for hydroxylation is 1. The first-order valence-electron chi connectivity index (χ1n) is 7.91. The number of nitrogens with zero attached hydrogens (tertiary/aromatic N) is 1. The van der Waals surface area contributed by atoms with Crippen molar-refractivity contribution in [3.8, 4) is 0 Å². The second kappa shape index (κ2) is 7.70. The minimum Gasteiger partial charge on any atom is -0.298 e. The summed E-state index contributed by atoms with van der Waals surface area (Å²) in [5, 5.41) is 2.78. The molecule has 0 atom stereocenters. The summed E-state index contributed by atoms with van der Waals surface area (Å²) in [6.45, 7) is 1.83. The molecule has 1 aromatic heterocycles. The summed E-state index contributed by atoms with van der Waals surface area (Å²) in [6, 6.07) is 11.0. The lowest BCUT2D eigenvalue weighted by molar-refractivity contribution is -0.137. The van der Waals surface area contributed by atoms with Crippen molar-refractivity contribution in [1.82, 2.24) is 4.98 Å². The Morgan fingerprint density at radius 2 is 1.96 bits per heavy atom. The summed E-state index contributed by atoms with van der Waals surface area (Å²) in [5.74, 6) is -0.278. The predicted molar refractivity (Wildman–Crippen MR) is 101 cm³/mol. The van der Waals surface area contributed by atoms with Crippen LogP contribution in [0.1, 0.15) is 31.9 Å². The molecule has 0 spiro atoms. The Kier molecular flexibility index (Phi) is 5.53. The summed E-state index contributed by atoms with van der Waals surface area (Å²) in [7, 11) is 0. The number of halogens is 4. The molecule has 0 unspecified atom stereocenters. The quantitative estimate of drug-likeness (QED) is 0.576. The molecule has 0 bridgehead atoms. The zero-order chi connectivity index (χ0) is 19.6. The van der Waals surface area contributed by atoms with Gasteiger partial charge in [-0.3, -0.25) is 10.1 Å². The third kappa shape index (κ3) is 4.67. The van der Waals surface area contributed by atoms with Gasteiger partial charge in [0.2, 0.25) is 0 Å². The topological polar surface area (TPSA) is 42.0 Å². The van der Waals surface area contributed by atoms with Crippen LogP contribution in [-0.4, -0.2) is 10.9 Å². The number of hydrogen-bond acceptors (Lipinski definition) is 3. The first-order chi connectivity index (χ1) is 12.7. The molecule has 27 heavy (non-hydrogen) atoms. The fourth-order valence-electron chi connectivity index (χ4n) is 2.54. The first kappa shape index (κ1) is 19.4. The second-order valence-corrected chi connectivity index (χ2v) is 7.41. The van der Waals surface area contributed by atoms with Crippen LogP contribution >= 0.6 is 22.9 Å². The van der Waals surface area contributed by atoms with Crippen LogP contribution in [-0.2, 0) is 12.6 Å². The van der Waals surface area contributed by atoms with Gasteiger partial charge >= 0.3 is 6.18 Å². The van der Waals surface area contributed by atoms with Crippen molar-refractivity contribution in [2.24, 2.45) is 0 Å². The number of hydrogen-bond donors (Lipinski definition) is 1. The normalized spacial score (nSPS) is 11.4. The number of carbonyl (C=O) groups excluding carboxylic acids is 1. The van der Waals surface area contributed by atoms with E-state index in [4.69, 9.17) is 11.6 Å². The van der Waals surface area contributed by atoms with E-state index in [1.807, 2.05) is 19.1 Å². The van der Waals surface area contributed by atoms with Crippen molar-refractivity contribution >= 4 is 34.0 Å². The molecular formula is C19H14ClF3N2OS. The van der Waals surface area contributed by atoms with Gasteiger partial charge in [0, 0.05) is 23.1 Å². The van der Waals surface area contributed by atoms with E-state index in [-0.39, 0.29) is 17.4 Å². The lowest BCUT2D eigenvalue weighted by atomic mass is 10.1. The molecule has 3 nitrogen and oxygen atoms in total. The van der Waals surface area contributed by atoms with Crippen LogP contribution < -0.4 is 5.32 Å². The molecule has 0 saturated heterocycles. The van der Waals surface area contributed by atoms with Gasteiger partial charge in [0.25, 0.3) is 5.91 Å². The zero-order valence-electron chi connectivity index (χ0n) is 14.1. The lowest BCUT2D eigenvalue weighted by Gasteiger charge is -2.10. The largest absolute Gasteiger partial charge is 0.417 e. The minimum atomic E-state index is -4.51. The molecule has 140 valence electrons. The van der Waals surface area contributed by atoms with E-state index >= 15 is 0 Å². The molecule has 0 aliphatic heterocycles. The molecule has 1 heterocycles. The molecule has 0 radical (unpaired) electrons. The summed E-state index contributed by atoms with van der Waals surface area (Å²) in [5.41, 5.74) is 0.987. The van der Waals surface area contributed by atoms with Gasteiger partial charge in [0.05, 0.1) is 10.6 Å². The van der Waals surface area contributed by atoms with Crippen LogP contribution in [0.5, 0.6) is 0 Å². The standard InChI is InChI=1S/C19H14ClF3N2OS/c1-11-4-2-3-5-14(11)17(26)25-18-24-10-13(27-18)8-12-6-7-16(20)15(9-12)19(21,22)23/h2-7,9-10H,8H2,1H3,(H,24,25,26). The van der Waals surface area contributed by atoms with Crippen LogP contribution in [0.15, 0.2) is 48.7 Å². The molecule has 0 aliphatic carbocycles. The SMILES string of the molecule is Cc1ccccc1C(=O)Nc1ncc(Cc2ccc(Cl)c(C(F)(F)F)c2)s1. The van der Waals surface area contributed by atoms with E-state index in [1.165, 1.54) is 17.4 Å². The highest BCUT2D eigenvalue weighted by Crippen LogP contribution is 2.35. The fourth-order valence-corrected chi connectivity index (χ4v) is 3.61. The first-order valence-corrected chi connectivity index (χ1v) is 9.11. The molecular weight excluding hydrogens is 397 g/mol. The number of thiazole rings is 1. The summed E-state index contributed by atoms with van der Waals surface area (Å²) < 4.78 is 38.9. The molecule has 0 fully saturated rings. The number of amides is 1. The van der Waals surface area contributed by atoms with Gasteiger partial charge < -0.3 is 0 Å². The number of benzene rings is 2. The maximum Gasteiger partial charge on any atom is 0.417 e. The molecule has 0 saturated carbocycles. The van der Waals surface area contributed by atoms with Crippen molar-refractivity contribution in [3.05, 3.63) is 80.8 Å². The molecule has 3 rings (SSSR count). The zero-order valence-corrected chi connectivity index (χ0v) is 15.7. The van der Waals surface area contributed by atoms with Crippen LogP contribution in [0, 0.1) is 6.92 Å². The van der Waals surface area contributed by atoms with E-state index in [0.717, 1.165) is 16.5 Å². The van der Waals surface area contributed by atoms with Gasteiger partial charge in [-0.1, -0.05) is 35.9 Å². The molecule has 3 aromatic rings. The summed E-state index contributed by atoms with van der Waals surface area (Å²) in [4.78, 5) is 17.2. The Hall–Kier alpha value is -2.38. The van der Waals surface area contributed by atoms with Gasteiger partial charge in [-0.25, -0.2) is 4.98 Å². The smallest absolute Gasteiger partial charge is 0.298 e. The van der Waals surface area contributed by atoms with E-state index < -0.39 is 11.7 Å². The number of carbonyl (C=O) groups is 1. The van der Waals surface area contributed by atoms with Crippen molar-refractivity contribution in [2.75, 3.05) is 5.32 Å². The molecule has 8 heteroatoms. The highest BCUT2D eigenvalue weighted by atomic mass is 35.5. The van der Waals surface area contributed by atoms with E-state index in [1.54, 1.807) is 24.4 Å². The van der Waals surface area contributed by atoms with Crippen molar-refractivity contribution < 1.29 is 18.0 Å². The van der Waals surface area contributed by atoms with Crippen molar-refractivity contribution in [3.63, 3.8) is 0 Å².